The molecule has 0 saturated heterocycles. The number of para-hydroxylation sites is 1. The van der Waals surface area contributed by atoms with Crippen LogP contribution in [0, 0.1) is 0 Å². The summed E-state index contributed by atoms with van der Waals surface area (Å²) in [5.41, 5.74) is 1.83. The quantitative estimate of drug-likeness (QED) is 0.501. The van der Waals surface area contributed by atoms with Gasteiger partial charge in [-0.2, -0.15) is 0 Å². The minimum Gasteiger partial charge on any atom is -0.467 e. The summed E-state index contributed by atoms with van der Waals surface area (Å²) in [7, 11) is 0. The first kappa shape index (κ1) is 16.5. The topological polar surface area (TPSA) is 46.3 Å². The average molecular weight is 362 g/mol. The Balaban J connectivity index is 1.58. The molecule has 0 aliphatic heterocycles. The van der Waals surface area contributed by atoms with E-state index in [0.29, 0.717) is 19.5 Å². The molecule has 0 saturated carbocycles. The number of thiophene rings is 1. The Morgan fingerprint density at radius 3 is 2.77 bits per heavy atom. The van der Waals surface area contributed by atoms with Crippen molar-refractivity contribution < 1.29 is 9.21 Å². The van der Waals surface area contributed by atoms with E-state index in [0.717, 1.165) is 27.1 Å². The molecule has 1 amide bonds. The number of amides is 1. The van der Waals surface area contributed by atoms with Crippen molar-refractivity contribution in [1.29, 1.82) is 0 Å². The molecule has 0 aliphatic rings. The van der Waals surface area contributed by atoms with E-state index in [2.05, 4.69) is 4.98 Å². The van der Waals surface area contributed by atoms with Crippen LogP contribution in [0.4, 0.5) is 0 Å². The monoisotopic (exact) mass is 362 g/mol. The van der Waals surface area contributed by atoms with Crippen LogP contribution in [-0.4, -0.2) is 15.8 Å². The van der Waals surface area contributed by atoms with E-state index in [4.69, 9.17) is 4.42 Å². The fourth-order valence-electron chi connectivity index (χ4n) is 3.00. The van der Waals surface area contributed by atoms with E-state index >= 15 is 0 Å². The first-order valence-electron chi connectivity index (χ1n) is 8.45. The predicted molar refractivity (Wildman–Crippen MR) is 103 cm³/mol. The van der Waals surface area contributed by atoms with Gasteiger partial charge in [-0.1, -0.05) is 30.3 Å². The molecule has 0 spiro atoms. The second kappa shape index (κ2) is 7.54. The minimum atomic E-state index is 0.0629. The molecule has 4 nitrogen and oxygen atoms in total. The van der Waals surface area contributed by atoms with E-state index in [1.165, 1.54) is 0 Å². The molecule has 4 aromatic rings. The van der Waals surface area contributed by atoms with Crippen LogP contribution in [0.5, 0.6) is 0 Å². The Hall–Kier alpha value is -2.92. The Morgan fingerprint density at radius 1 is 1.04 bits per heavy atom. The standard InChI is InChI=1S/C21H18N2O2S/c24-20(13-17-6-1-5-16-7-2-10-22-21(16)17)23(14-18-8-3-11-25-18)15-19-9-4-12-26-19/h1-12H,13-15H2. The number of furan rings is 1. The van der Waals surface area contributed by atoms with Gasteiger partial charge >= 0.3 is 0 Å². The molecule has 3 heterocycles. The lowest BCUT2D eigenvalue weighted by Gasteiger charge is -2.21. The number of hydrogen-bond acceptors (Lipinski definition) is 4. The second-order valence-corrected chi connectivity index (χ2v) is 7.11. The maximum Gasteiger partial charge on any atom is 0.227 e. The van der Waals surface area contributed by atoms with Gasteiger partial charge in [0.2, 0.25) is 5.91 Å². The predicted octanol–water partition coefficient (Wildman–Crippen LogP) is 4.66. The minimum absolute atomic E-state index is 0.0629. The van der Waals surface area contributed by atoms with Crippen LogP contribution in [0.15, 0.2) is 76.9 Å². The number of carbonyl (C=O) groups excluding carboxylic acids is 1. The zero-order valence-corrected chi connectivity index (χ0v) is 15.0. The van der Waals surface area contributed by atoms with Gasteiger partial charge in [-0.05, 0) is 35.2 Å². The van der Waals surface area contributed by atoms with Gasteiger partial charge in [-0.25, -0.2) is 0 Å². The maximum atomic E-state index is 13.1. The van der Waals surface area contributed by atoms with Gasteiger partial charge in [-0.15, -0.1) is 11.3 Å². The lowest BCUT2D eigenvalue weighted by Crippen LogP contribution is -2.31. The van der Waals surface area contributed by atoms with Gasteiger partial charge < -0.3 is 9.32 Å². The van der Waals surface area contributed by atoms with E-state index in [1.807, 2.05) is 64.9 Å². The lowest BCUT2D eigenvalue weighted by molar-refractivity contribution is -0.131. The Bertz CT molecular complexity index is 952. The summed E-state index contributed by atoms with van der Waals surface area (Å²) >= 11 is 1.65. The largest absolute Gasteiger partial charge is 0.467 e. The molecular weight excluding hydrogens is 344 g/mol. The summed E-state index contributed by atoms with van der Waals surface area (Å²) in [5.74, 6) is 0.846. The average Bonchev–Trinajstić information content (AvgIpc) is 3.35. The fraction of sp³-hybridized carbons (Fsp3) is 0.143. The number of benzene rings is 1. The summed E-state index contributed by atoms with van der Waals surface area (Å²) in [6.07, 6.45) is 3.72. The van der Waals surface area contributed by atoms with Crippen molar-refractivity contribution >= 4 is 28.1 Å². The molecule has 0 bridgehead atoms. The van der Waals surface area contributed by atoms with E-state index < -0.39 is 0 Å². The number of aromatic nitrogens is 1. The molecule has 0 radical (unpaired) electrons. The molecule has 5 heteroatoms. The molecule has 0 unspecified atom stereocenters. The molecule has 0 fully saturated rings. The van der Waals surface area contributed by atoms with Crippen LogP contribution >= 0.6 is 11.3 Å². The smallest absolute Gasteiger partial charge is 0.227 e. The van der Waals surface area contributed by atoms with E-state index in [-0.39, 0.29) is 5.91 Å². The Labute approximate surface area is 155 Å². The number of hydrogen-bond donors (Lipinski definition) is 0. The van der Waals surface area contributed by atoms with Crippen molar-refractivity contribution in [3.05, 3.63) is 88.6 Å². The molecule has 1 aromatic carbocycles. The van der Waals surface area contributed by atoms with Crippen LogP contribution in [0.3, 0.4) is 0 Å². The van der Waals surface area contributed by atoms with Crippen LogP contribution in [0.2, 0.25) is 0 Å². The highest BCUT2D eigenvalue weighted by Gasteiger charge is 2.18. The van der Waals surface area contributed by atoms with E-state index in [1.54, 1.807) is 23.8 Å². The van der Waals surface area contributed by atoms with Gasteiger partial charge in [0.15, 0.2) is 0 Å². The molecule has 130 valence electrons. The molecule has 4 rings (SSSR count). The lowest BCUT2D eigenvalue weighted by atomic mass is 10.1. The Kier molecular flexibility index (Phi) is 4.80. The van der Waals surface area contributed by atoms with Crippen LogP contribution < -0.4 is 0 Å². The van der Waals surface area contributed by atoms with Gasteiger partial charge in [-0.3, -0.25) is 9.78 Å². The number of nitrogens with zero attached hydrogens (tertiary/aromatic N) is 2. The summed E-state index contributed by atoms with van der Waals surface area (Å²) in [6, 6.07) is 17.7. The van der Waals surface area contributed by atoms with Crippen LogP contribution in [-0.2, 0) is 24.3 Å². The molecular formula is C21H18N2O2S. The number of rotatable bonds is 6. The van der Waals surface area contributed by atoms with Gasteiger partial charge in [0, 0.05) is 16.5 Å². The first-order chi connectivity index (χ1) is 12.8. The highest BCUT2D eigenvalue weighted by atomic mass is 32.1. The Morgan fingerprint density at radius 2 is 1.96 bits per heavy atom. The van der Waals surface area contributed by atoms with Crippen molar-refractivity contribution in [3.8, 4) is 0 Å². The summed E-state index contributed by atoms with van der Waals surface area (Å²) in [5, 5.41) is 3.08. The van der Waals surface area contributed by atoms with Crippen molar-refractivity contribution in [2.75, 3.05) is 0 Å². The van der Waals surface area contributed by atoms with Crippen molar-refractivity contribution in [2.45, 2.75) is 19.5 Å². The third-order valence-electron chi connectivity index (χ3n) is 4.26. The SMILES string of the molecule is O=C(Cc1cccc2cccnc12)N(Cc1ccco1)Cc1cccs1. The molecule has 3 aromatic heterocycles. The first-order valence-corrected chi connectivity index (χ1v) is 9.33. The third kappa shape index (κ3) is 3.68. The molecule has 0 aliphatic carbocycles. The number of pyridine rings is 1. The maximum absolute atomic E-state index is 13.1. The van der Waals surface area contributed by atoms with Crippen LogP contribution in [0.1, 0.15) is 16.2 Å². The normalized spacial score (nSPS) is 10.9. The van der Waals surface area contributed by atoms with Gasteiger partial charge in [0.1, 0.15) is 5.76 Å². The summed E-state index contributed by atoms with van der Waals surface area (Å²) in [4.78, 5) is 20.5. The molecule has 0 N–H and O–H groups in total. The molecule has 26 heavy (non-hydrogen) atoms. The second-order valence-electron chi connectivity index (χ2n) is 6.08. The van der Waals surface area contributed by atoms with Crippen molar-refractivity contribution in [3.63, 3.8) is 0 Å². The molecule has 0 atom stereocenters. The van der Waals surface area contributed by atoms with Crippen molar-refractivity contribution in [1.82, 2.24) is 9.88 Å². The highest BCUT2D eigenvalue weighted by Crippen LogP contribution is 2.20. The summed E-state index contributed by atoms with van der Waals surface area (Å²) < 4.78 is 5.45. The number of fused-ring (bicyclic) bond motifs is 1. The summed E-state index contributed by atoms with van der Waals surface area (Å²) in [6.45, 7) is 1.04. The highest BCUT2D eigenvalue weighted by molar-refractivity contribution is 7.09. The third-order valence-corrected chi connectivity index (χ3v) is 5.13. The fourth-order valence-corrected chi connectivity index (χ4v) is 3.72. The van der Waals surface area contributed by atoms with Crippen LogP contribution in [0.25, 0.3) is 10.9 Å². The van der Waals surface area contributed by atoms with Gasteiger partial charge in [0.05, 0.1) is 31.3 Å². The van der Waals surface area contributed by atoms with Crippen molar-refractivity contribution in [2.24, 2.45) is 0 Å². The van der Waals surface area contributed by atoms with Gasteiger partial charge in [0.25, 0.3) is 0 Å². The number of carbonyl (C=O) groups is 1. The zero-order valence-electron chi connectivity index (χ0n) is 14.2. The zero-order chi connectivity index (χ0) is 17.8. The van der Waals surface area contributed by atoms with E-state index in [9.17, 15) is 4.79 Å².